The van der Waals surface area contributed by atoms with Gasteiger partial charge in [-0.15, -0.1) is 11.3 Å². The summed E-state index contributed by atoms with van der Waals surface area (Å²) in [5, 5.41) is 1.99. The average molecular weight is 205 g/mol. The van der Waals surface area contributed by atoms with Gasteiger partial charge in [-0.3, -0.25) is 0 Å². The Morgan fingerprint density at radius 2 is 1.86 bits per heavy atom. The Morgan fingerprint density at radius 3 is 2.36 bits per heavy atom. The molecule has 1 heterocycles. The number of benzene rings is 1. The molecule has 0 saturated heterocycles. The second-order valence-electron chi connectivity index (χ2n) is 2.93. The van der Waals surface area contributed by atoms with E-state index < -0.39 is 0 Å². The van der Waals surface area contributed by atoms with E-state index in [2.05, 4.69) is 0 Å². The second kappa shape index (κ2) is 3.72. The number of nitrogen functional groups attached to an aromatic ring is 1. The fourth-order valence-electron chi connectivity index (χ4n) is 1.30. The Hall–Kier alpha value is -1.48. The van der Waals surface area contributed by atoms with Crippen molar-refractivity contribution in [2.75, 3.05) is 12.8 Å². The molecule has 1 aromatic carbocycles. The first-order valence-corrected chi connectivity index (χ1v) is 5.16. The third-order valence-corrected chi connectivity index (χ3v) is 3.03. The van der Waals surface area contributed by atoms with Crippen LogP contribution < -0.4 is 10.5 Å². The molecule has 0 aliphatic carbocycles. The highest BCUT2D eigenvalue weighted by Gasteiger charge is 2.03. The molecule has 0 saturated carbocycles. The van der Waals surface area contributed by atoms with Gasteiger partial charge in [0.2, 0.25) is 0 Å². The van der Waals surface area contributed by atoms with Crippen molar-refractivity contribution in [2.45, 2.75) is 0 Å². The largest absolute Gasteiger partial charge is 0.497 e. The van der Waals surface area contributed by atoms with Gasteiger partial charge in [0.1, 0.15) is 5.75 Å². The highest BCUT2D eigenvalue weighted by Crippen LogP contribution is 2.32. The van der Waals surface area contributed by atoms with Gasteiger partial charge in [-0.1, -0.05) is 0 Å². The summed E-state index contributed by atoms with van der Waals surface area (Å²) in [7, 11) is 1.66. The maximum atomic E-state index is 5.82. The van der Waals surface area contributed by atoms with E-state index in [1.54, 1.807) is 18.4 Å². The molecule has 0 bridgehead atoms. The van der Waals surface area contributed by atoms with Crippen LogP contribution in [0.1, 0.15) is 0 Å². The molecule has 0 fully saturated rings. The van der Waals surface area contributed by atoms with Crippen LogP contribution in [-0.4, -0.2) is 7.11 Å². The zero-order chi connectivity index (χ0) is 9.97. The van der Waals surface area contributed by atoms with Gasteiger partial charge in [0.25, 0.3) is 0 Å². The number of thiophene rings is 1. The summed E-state index contributed by atoms with van der Waals surface area (Å²) in [5.41, 5.74) is 7.79. The van der Waals surface area contributed by atoms with Crippen LogP contribution in [0.25, 0.3) is 10.4 Å². The lowest BCUT2D eigenvalue weighted by molar-refractivity contribution is 0.415. The minimum Gasteiger partial charge on any atom is -0.497 e. The fraction of sp³-hybridized carbons (Fsp3) is 0.0909. The molecule has 2 rings (SSSR count). The molecule has 2 N–H and O–H groups in total. The molecule has 0 aliphatic rings. The first-order valence-electron chi connectivity index (χ1n) is 4.28. The highest BCUT2D eigenvalue weighted by molar-refractivity contribution is 7.14. The fourth-order valence-corrected chi connectivity index (χ4v) is 2.12. The smallest absolute Gasteiger partial charge is 0.118 e. The molecule has 0 radical (unpaired) electrons. The molecule has 0 amide bonds. The van der Waals surface area contributed by atoms with E-state index in [9.17, 15) is 0 Å². The second-order valence-corrected chi connectivity index (χ2v) is 3.85. The Bertz CT molecular complexity index is 419. The van der Waals surface area contributed by atoms with Crippen LogP contribution in [0.3, 0.4) is 0 Å². The summed E-state index contributed by atoms with van der Waals surface area (Å²) >= 11 is 1.65. The van der Waals surface area contributed by atoms with Gasteiger partial charge in [0.15, 0.2) is 0 Å². The third kappa shape index (κ3) is 1.59. The topological polar surface area (TPSA) is 35.2 Å². The molecule has 3 heteroatoms. The maximum Gasteiger partial charge on any atom is 0.118 e. The predicted octanol–water partition coefficient (Wildman–Crippen LogP) is 3.01. The van der Waals surface area contributed by atoms with E-state index in [1.807, 2.05) is 35.7 Å². The van der Waals surface area contributed by atoms with E-state index in [4.69, 9.17) is 10.5 Å². The Labute approximate surface area is 86.9 Å². The molecular formula is C11H11NOS. The summed E-state index contributed by atoms with van der Waals surface area (Å²) in [5.74, 6) is 0.865. The molecule has 1 aromatic heterocycles. The lowest BCUT2D eigenvalue weighted by atomic mass is 10.1. The van der Waals surface area contributed by atoms with Crippen LogP contribution in [0.4, 0.5) is 5.69 Å². The number of hydrogen-bond donors (Lipinski definition) is 1. The quantitative estimate of drug-likeness (QED) is 0.818. The SMILES string of the molecule is COc1ccc(-c2sccc2N)cc1. The normalized spacial score (nSPS) is 10.1. The van der Waals surface area contributed by atoms with Crippen molar-refractivity contribution in [3.8, 4) is 16.2 Å². The number of ether oxygens (including phenoxy) is 1. The van der Waals surface area contributed by atoms with E-state index in [1.165, 1.54) is 0 Å². The average Bonchev–Trinajstić information content (AvgIpc) is 2.65. The van der Waals surface area contributed by atoms with Crippen LogP contribution in [0.5, 0.6) is 5.75 Å². The summed E-state index contributed by atoms with van der Waals surface area (Å²) in [6, 6.07) is 9.83. The van der Waals surface area contributed by atoms with E-state index in [0.717, 1.165) is 21.9 Å². The molecule has 0 aliphatic heterocycles. The minimum atomic E-state index is 0.833. The monoisotopic (exact) mass is 205 g/mol. The van der Waals surface area contributed by atoms with Crippen LogP contribution in [0.15, 0.2) is 35.7 Å². The summed E-state index contributed by atoms with van der Waals surface area (Å²) < 4.78 is 5.09. The number of hydrogen-bond acceptors (Lipinski definition) is 3. The van der Waals surface area contributed by atoms with Crippen molar-refractivity contribution in [2.24, 2.45) is 0 Å². The zero-order valence-electron chi connectivity index (χ0n) is 7.86. The van der Waals surface area contributed by atoms with Gasteiger partial charge in [-0.2, -0.15) is 0 Å². The van der Waals surface area contributed by atoms with Gasteiger partial charge < -0.3 is 10.5 Å². The first-order chi connectivity index (χ1) is 6.81. The van der Waals surface area contributed by atoms with Crippen molar-refractivity contribution in [1.29, 1.82) is 0 Å². The van der Waals surface area contributed by atoms with Crippen molar-refractivity contribution in [3.05, 3.63) is 35.7 Å². The molecular weight excluding hydrogens is 194 g/mol. The van der Waals surface area contributed by atoms with Gasteiger partial charge in [-0.05, 0) is 41.3 Å². The number of nitrogens with two attached hydrogens (primary N) is 1. The summed E-state index contributed by atoms with van der Waals surface area (Å²) in [6.45, 7) is 0. The molecule has 0 spiro atoms. The van der Waals surface area contributed by atoms with Gasteiger partial charge in [0, 0.05) is 0 Å². The van der Waals surface area contributed by atoms with E-state index >= 15 is 0 Å². The van der Waals surface area contributed by atoms with Crippen molar-refractivity contribution in [3.63, 3.8) is 0 Å². The van der Waals surface area contributed by atoms with Crippen LogP contribution in [0, 0.1) is 0 Å². The molecule has 14 heavy (non-hydrogen) atoms. The molecule has 0 atom stereocenters. The maximum absolute atomic E-state index is 5.82. The summed E-state index contributed by atoms with van der Waals surface area (Å²) in [4.78, 5) is 1.12. The van der Waals surface area contributed by atoms with Crippen LogP contribution in [-0.2, 0) is 0 Å². The van der Waals surface area contributed by atoms with Crippen molar-refractivity contribution in [1.82, 2.24) is 0 Å². The standard InChI is InChI=1S/C11H11NOS/c1-13-9-4-2-8(3-5-9)11-10(12)6-7-14-11/h2-7H,12H2,1H3. The highest BCUT2D eigenvalue weighted by atomic mass is 32.1. The van der Waals surface area contributed by atoms with Crippen molar-refractivity contribution >= 4 is 17.0 Å². The van der Waals surface area contributed by atoms with Crippen LogP contribution >= 0.6 is 11.3 Å². The van der Waals surface area contributed by atoms with E-state index in [-0.39, 0.29) is 0 Å². The lowest BCUT2D eigenvalue weighted by Crippen LogP contribution is -1.85. The Balaban J connectivity index is 2.39. The van der Waals surface area contributed by atoms with E-state index in [0.29, 0.717) is 0 Å². The molecule has 0 unspecified atom stereocenters. The minimum absolute atomic E-state index is 0.833. The number of rotatable bonds is 2. The van der Waals surface area contributed by atoms with Gasteiger partial charge in [0.05, 0.1) is 17.7 Å². The zero-order valence-corrected chi connectivity index (χ0v) is 8.67. The first kappa shape index (κ1) is 9.09. The molecule has 2 nitrogen and oxygen atoms in total. The lowest BCUT2D eigenvalue weighted by Gasteiger charge is -2.02. The van der Waals surface area contributed by atoms with Crippen molar-refractivity contribution < 1.29 is 4.74 Å². The number of methoxy groups -OCH3 is 1. The predicted molar refractivity (Wildman–Crippen MR) is 60.7 cm³/mol. The summed E-state index contributed by atoms with van der Waals surface area (Å²) in [6.07, 6.45) is 0. The Kier molecular flexibility index (Phi) is 2.41. The molecule has 2 aromatic rings. The molecule has 72 valence electrons. The third-order valence-electron chi connectivity index (χ3n) is 2.05. The Morgan fingerprint density at radius 1 is 1.14 bits per heavy atom. The van der Waals surface area contributed by atoms with Crippen LogP contribution in [0.2, 0.25) is 0 Å². The number of anilines is 1. The van der Waals surface area contributed by atoms with Gasteiger partial charge in [-0.25, -0.2) is 0 Å². The van der Waals surface area contributed by atoms with Gasteiger partial charge >= 0.3 is 0 Å².